The van der Waals surface area contributed by atoms with Crippen molar-refractivity contribution in [3.05, 3.63) is 0 Å². The van der Waals surface area contributed by atoms with Crippen molar-refractivity contribution in [3.8, 4) is 0 Å². The standard InChI is InChI=1S/C11H22N2O2/c1-10(2,15-4)7-11(3,9(12)14)13-8-5-6-8/h8,13H,5-7H2,1-4H3,(H2,12,14). The van der Waals surface area contributed by atoms with E-state index in [9.17, 15) is 4.79 Å². The molecule has 15 heavy (non-hydrogen) atoms. The molecule has 0 aromatic rings. The highest BCUT2D eigenvalue weighted by atomic mass is 16.5. The van der Waals surface area contributed by atoms with Crippen molar-refractivity contribution in [1.29, 1.82) is 0 Å². The normalized spacial score (nSPS) is 21.1. The van der Waals surface area contributed by atoms with Crippen molar-refractivity contribution < 1.29 is 9.53 Å². The largest absolute Gasteiger partial charge is 0.379 e. The zero-order valence-corrected chi connectivity index (χ0v) is 10.1. The molecule has 1 atom stereocenters. The molecule has 0 saturated heterocycles. The molecule has 0 aromatic heterocycles. The minimum atomic E-state index is -0.666. The fraction of sp³-hybridized carbons (Fsp3) is 0.909. The van der Waals surface area contributed by atoms with Gasteiger partial charge in [-0.3, -0.25) is 4.79 Å². The lowest BCUT2D eigenvalue weighted by molar-refractivity contribution is -0.127. The first kappa shape index (κ1) is 12.5. The molecule has 1 aliphatic carbocycles. The maximum atomic E-state index is 11.5. The first-order valence-corrected chi connectivity index (χ1v) is 5.42. The van der Waals surface area contributed by atoms with E-state index in [4.69, 9.17) is 10.5 Å². The summed E-state index contributed by atoms with van der Waals surface area (Å²) >= 11 is 0. The van der Waals surface area contributed by atoms with Crippen LogP contribution in [0.5, 0.6) is 0 Å². The van der Waals surface area contributed by atoms with E-state index in [2.05, 4.69) is 5.32 Å². The van der Waals surface area contributed by atoms with Gasteiger partial charge < -0.3 is 15.8 Å². The molecule has 1 rings (SSSR count). The molecule has 1 saturated carbocycles. The van der Waals surface area contributed by atoms with Crippen molar-refractivity contribution in [2.45, 2.75) is 57.2 Å². The lowest BCUT2D eigenvalue weighted by Gasteiger charge is -2.35. The number of hydrogen-bond acceptors (Lipinski definition) is 3. The quantitative estimate of drug-likeness (QED) is 0.687. The molecule has 4 nitrogen and oxygen atoms in total. The summed E-state index contributed by atoms with van der Waals surface area (Å²) in [6.07, 6.45) is 2.86. The van der Waals surface area contributed by atoms with E-state index in [1.807, 2.05) is 20.8 Å². The van der Waals surface area contributed by atoms with Crippen LogP contribution in [0.15, 0.2) is 0 Å². The number of primary amides is 1. The van der Waals surface area contributed by atoms with Crippen molar-refractivity contribution in [3.63, 3.8) is 0 Å². The maximum Gasteiger partial charge on any atom is 0.237 e. The summed E-state index contributed by atoms with van der Waals surface area (Å²) in [4.78, 5) is 11.5. The van der Waals surface area contributed by atoms with Crippen LogP contribution in [0, 0.1) is 0 Å². The molecule has 1 amide bonds. The number of nitrogens with one attached hydrogen (secondary N) is 1. The zero-order chi connectivity index (χ0) is 11.7. The summed E-state index contributed by atoms with van der Waals surface area (Å²) in [5.41, 5.74) is 4.44. The van der Waals surface area contributed by atoms with Crippen molar-refractivity contribution in [2.75, 3.05) is 7.11 Å². The summed E-state index contributed by atoms with van der Waals surface area (Å²) < 4.78 is 5.34. The number of nitrogens with two attached hydrogens (primary N) is 1. The van der Waals surface area contributed by atoms with E-state index < -0.39 is 5.54 Å². The number of carbonyl (C=O) groups excluding carboxylic acids is 1. The minimum absolute atomic E-state index is 0.306. The second kappa shape index (κ2) is 4.10. The second-order valence-electron chi connectivity index (χ2n) is 5.26. The van der Waals surface area contributed by atoms with Crippen LogP contribution in [-0.2, 0) is 9.53 Å². The highest BCUT2D eigenvalue weighted by Gasteiger charge is 2.41. The summed E-state index contributed by atoms with van der Waals surface area (Å²) in [5, 5.41) is 3.30. The molecule has 0 heterocycles. The predicted molar refractivity (Wildman–Crippen MR) is 59.5 cm³/mol. The second-order valence-corrected chi connectivity index (χ2v) is 5.26. The first-order chi connectivity index (χ1) is 6.79. The molecular formula is C11H22N2O2. The van der Waals surface area contributed by atoms with Crippen molar-refractivity contribution >= 4 is 5.91 Å². The van der Waals surface area contributed by atoms with Gasteiger partial charge in [0, 0.05) is 19.6 Å². The van der Waals surface area contributed by atoms with Crippen LogP contribution in [0.25, 0.3) is 0 Å². The van der Waals surface area contributed by atoms with Gasteiger partial charge in [-0.05, 0) is 33.6 Å². The Balaban J connectivity index is 2.67. The molecule has 1 fully saturated rings. The molecule has 0 spiro atoms. The number of carbonyl (C=O) groups is 1. The van der Waals surface area contributed by atoms with Crippen LogP contribution in [0.4, 0.5) is 0 Å². The van der Waals surface area contributed by atoms with E-state index in [0.717, 1.165) is 12.8 Å². The number of ether oxygens (including phenoxy) is 1. The van der Waals surface area contributed by atoms with Crippen LogP contribution >= 0.6 is 0 Å². The summed E-state index contributed by atoms with van der Waals surface area (Å²) in [6.45, 7) is 5.78. The number of methoxy groups -OCH3 is 1. The van der Waals surface area contributed by atoms with Crippen molar-refractivity contribution in [2.24, 2.45) is 5.73 Å². The van der Waals surface area contributed by atoms with E-state index in [-0.39, 0.29) is 11.5 Å². The van der Waals surface area contributed by atoms with Gasteiger partial charge >= 0.3 is 0 Å². The molecule has 1 unspecified atom stereocenters. The third-order valence-electron chi connectivity index (χ3n) is 2.98. The molecule has 0 bridgehead atoms. The van der Waals surface area contributed by atoms with Crippen LogP contribution < -0.4 is 11.1 Å². The van der Waals surface area contributed by atoms with Crippen LogP contribution in [0.3, 0.4) is 0 Å². The van der Waals surface area contributed by atoms with Gasteiger partial charge in [0.1, 0.15) is 0 Å². The predicted octanol–water partition coefficient (Wildman–Crippen LogP) is 0.798. The van der Waals surface area contributed by atoms with E-state index >= 15 is 0 Å². The van der Waals surface area contributed by atoms with Gasteiger partial charge in [-0.25, -0.2) is 0 Å². The Morgan fingerprint density at radius 2 is 2.00 bits per heavy atom. The summed E-state index contributed by atoms with van der Waals surface area (Å²) in [7, 11) is 1.65. The molecule has 0 radical (unpaired) electrons. The SMILES string of the molecule is COC(C)(C)CC(C)(NC1CC1)C(N)=O. The molecule has 0 aromatic carbocycles. The van der Waals surface area contributed by atoms with Gasteiger partial charge in [0.15, 0.2) is 0 Å². The fourth-order valence-electron chi connectivity index (χ4n) is 1.81. The summed E-state index contributed by atoms with van der Waals surface area (Å²) in [6, 6.07) is 0.454. The zero-order valence-electron chi connectivity index (χ0n) is 10.1. The molecule has 4 heteroatoms. The van der Waals surface area contributed by atoms with Gasteiger partial charge in [0.2, 0.25) is 5.91 Å². The summed E-state index contributed by atoms with van der Waals surface area (Å²) in [5.74, 6) is -0.306. The lowest BCUT2D eigenvalue weighted by Crippen LogP contribution is -2.57. The fourth-order valence-corrected chi connectivity index (χ4v) is 1.81. The third kappa shape index (κ3) is 3.47. The van der Waals surface area contributed by atoms with E-state index in [1.165, 1.54) is 0 Å². The molecule has 0 aliphatic heterocycles. The van der Waals surface area contributed by atoms with Gasteiger partial charge in [0.05, 0.1) is 11.1 Å². The molecule has 1 aliphatic rings. The Bertz CT molecular complexity index is 249. The van der Waals surface area contributed by atoms with Crippen molar-refractivity contribution in [1.82, 2.24) is 5.32 Å². The number of hydrogen-bond donors (Lipinski definition) is 2. The smallest absolute Gasteiger partial charge is 0.237 e. The average molecular weight is 214 g/mol. The van der Waals surface area contributed by atoms with Crippen LogP contribution in [0.1, 0.15) is 40.0 Å². The lowest BCUT2D eigenvalue weighted by atomic mass is 9.87. The topological polar surface area (TPSA) is 64.3 Å². The van der Waals surface area contributed by atoms with Gasteiger partial charge in [-0.2, -0.15) is 0 Å². The van der Waals surface area contributed by atoms with Gasteiger partial charge in [-0.15, -0.1) is 0 Å². The monoisotopic (exact) mass is 214 g/mol. The highest BCUT2D eigenvalue weighted by molar-refractivity contribution is 5.84. The first-order valence-electron chi connectivity index (χ1n) is 5.42. The molecule has 88 valence electrons. The van der Waals surface area contributed by atoms with Crippen LogP contribution in [-0.4, -0.2) is 30.2 Å². The Hall–Kier alpha value is -0.610. The minimum Gasteiger partial charge on any atom is -0.379 e. The maximum absolute atomic E-state index is 11.5. The Morgan fingerprint density at radius 3 is 2.33 bits per heavy atom. The van der Waals surface area contributed by atoms with Gasteiger partial charge in [0.25, 0.3) is 0 Å². The number of amides is 1. The molecular weight excluding hydrogens is 192 g/mol. The van der Waals surface area contributed by atoms with Gasteiger partial charge in [-0.1, -0.05) is 0 Å². The van der Waals surface area contributed by atoms with Crippen LogP contribution in [0.2, 0.25) is 0 Å². The Kier molecular flexibility index (Phi) is 3.41. The van der Waals surface area contributed by atoms with E-state index in [1.54, 1.807) is 7.11 Å². The third-order valence-corrected chi connectivity index (χ3v) is 2.98. The van der Waals surface area contributed by atoms with E-state index in [0.29, 0.717) is 12.5 Å². The molecule has 3 N–H and O–H groups in total. The Labute approximate surface area is 91.5 Å². The number of rotatable bonds is 6. The highest BCUT2D eigenvalue weighted by Crippen LogP contribution is 2.28. The average Bonchev–Trinajstić information content (AvgIpc) is 2.87. The Morgan fingerprint density at radius 1 is 1.47 bits per heavy atom.